The molecular formula is C31H27N3. The molecule has 0 N–H and O–H groups in total. The van der Waals surface area contributed by atoms with Crippen LogP contribution in [-0.2, 0) is 0 Å². The SMILES string of the molecule is [C-]#[N+]/C(C#N)=C1C=C(/C=C/c2ccc(N(c3ccccc3)c3ccccc3)cc2)CC(C)(C)C/1. The van der Waals surface area contributed by atoms with Gasteiger partial charge in [0.25, 0.3) is 5.70 Å². The highest BCUT2D eigenvalue weighted by molar-refractivity contribution is 5.77. The van der Waals surface area contributed by atoms with Crippen molar-refractivity contribution >= 4 is 23.1 Å². The number of anilines is 3. The highest BCUT2D eigenvalue weighted by atomic mass is 15.1. The van der Waals surface area contributed by atoms with E-state index in [-0.39, 0.29) is 11.1 Å². The third kappa shape index (κ3) is 5.34. The van der Waals surface area contributed by atoms with Crippen LogP contribution in [0.15, 0.2) is 114 Å². The molecule has 166 valence electrons. The number of rotatable bonds is 5. The van der Waals surface area contributed by atoms with Crippen LogP contribution in [0, 0.1) is 23.3 Å². The van der Waals surface area contributed by atoms with Crippen molar-refractivity contribution in [2.75, 3.05) is 4.90 Å². The standard InChI is InChI=1S/C31H27N3/c1-31(2)21-25(20-26(22-31)30(23-32)33-3)15-14-24-16-18-29(19-17-24)34(27-10-6-4-7-11-27)28-12-8-5-9-13-28/h4-20H,21-22H2,1-2H3/b15-14+,30-26-. The molecule has 4 rings (SSSR count). The number of benzene rings is 3. The topological polar surface area (TPSA) is 31.4 Å². The highest BCUT2D eigenvalue weighted by Gasteiger charge is 2.26. The predicted molar refractivity (Wildman–Crippen MR) is 140 cm³/mol. The van der Waals surface area contributed by atoms with E-state index in [9.17, 15) is 5.26 Å². The number of hydrogen-bond acceptors (Lipinski definition) is 2. The molecule has 0 unspecified atom stereocenters. The van der Waals surface area contributed by atoms with Gasteiger partial charge in [-0.05, 0) is 71.4 Å². The van der Waals surface area contributed by atoms with Crippen molar-refractivity contribution in [2.24, 2.45) is 5.41 Å². The van der Waals surface area contributed by atoms with Crippen molar-refractivity contribution in [3.63, 3.8) is 0 Å². The zero-order chi connectivity index (χ0) is 24.0. The van der Waals surface area contributed by atoms with Crippen LogP contribution in [0.4, 0.5) is 17.1 Å². The molecular weight excluding hydrogens is 414 g/mol. The molecule has 1 aliphatic carbocycles. The Balaban J connectivity index is 1.62. The third-order valence-electron chi connectivity index (χ3n) is 5.90. The van der Waals surface area contributed by atoms with E-state index in [1.807, 2.05) is 24.3 Å². The maximum Gasteiger partial charge on any atom is 0.265 e. The molecule has 3 aromatic rings. The largest absolute Gasteiger partial charge is 0.311 e. The van der Waals surface area contributed by atoms with Crippen LogP contribution in [-0.4, -0.2) is 0 Å². The summed E-state index contributed by atoms with van der Waals surface area (Å²) in [6, 6.07) is 31.3. The second-order valence-electron chi connectivity index (χ2n) is 9.27. The van der Waals surface area contributed by atoms with Crippen LogP contribution in [0.2, 0.25) is 0 Å². The summed E-state index contributed by atoms with van der Waals surface area (Å²) in [5.74, 6) is 0. The van der Waals surface area contributed by atoms with Crippen LogP contribution in [0.5, 0.6) is 0 Å². The summed E-state index contributed by atoms with van der Waals surface area (Å²) in [7, 11) is 0. The van der Waals surface area contributed by atoms with Gasteiger partial charge in [-0.3, -0.25) is 0 Å². The first-order valence-electron chi connectivity index (χ1n) is 11.4. The van der Waals surface area contributed by atoms with E-state index in [4.69, 9.17) is 6.57 Å². The first-order valence-corrected chi connectivity index (χ1v) is 11.4. The lowest BCUT2D eigenvalue weighted by molar-refractivity contribution is 0.354. The van der Waals surface area contributed by atoms with Crippen molar-refractivity contribution in [3.8, 4) is 6.07 Å². The lowest BCUT2D eigenvalue weighted by Crippen LogP contribution is -2.17. The fourth-order valence-electron chi connectivity index (χ4n) is 4.42. The Labute approximate surface area is 202 Å². The molecule has 3 aromatic carbocycles. The molecule has 0 aliphatic heterocycles. The van der Waals surface area contributed by atoms with E-state index in [1.54, 1.807) is 0 Å². The summed E-state index contributed by atoms with van der Waals surface area (Å²) in [6.45, 7) is 11.7. The Morgan fingerprint density at radius 3 is 1.94 bits per heavy atom. The van der Waals surface area contributed by atoms with Crippen molar-refractivity contribution in [1.29, 1.82) is 5.26 Å². The summed E-state index contributed by atoms with van der Waals surface area (Å²) < 4.78 is 0. The van der Waals surface area contributed by atoms with Gasteiger partial charge in [-0.2, -0.15) is 0 Å². The van der Waals surface area contributed by atoms with Gasteiger partial charge >= 0.3 is 0 Å². The van der Waals surface area contributed by atoms with E-state index < -0.39 is 0 Å². The molecule has 0 heterocycles. The average molecular weight is 442 g/mol. The molecule has 3 nitrogen and oxygen atoms in total. The molecule has 0 saturated heterocycles. The van der Waals surface area contributed by atoms with Crippen molar-refractivity contribution in [3.05, 3.63) is 131 Å². The summed E-state index contributed by atoms with van der Waals surface area (Å²) in [5.41, 5.74) is 6.61. The summed E-state index contributed by atoms with van der Waals surface area (Å²) >= 11 is 0. The van der Waals surface area contributed by atoms with Gasteiger partial charge in [0, 0.05) is 17.1 Å². The van der Waals surface area contributed by atoms with E-state index in [2.05, 4.69) is 109 Å². The molecule has 0 amide bonds. The van der Waals surface area contributed by atoms with E-state index in [1.165, 1.54) is 0 Å². The Morgan fingerprint density at radius 1 is 0.853 bits per heavy atom. The third-order valence-corrected chi connectivity index (χ3v) is 5.90. The number of allylic oxidation sites excluding steroid dienone is 5. The molecule has 0 aromatic heterocycles. The van der Waals surface area contributed by atoms with Gasteiger partial charge < -0.3 is 4.90 Å². The highest BCUT2D eigenvalue weighted by Crippen LogP contribution is 2.40. The van der Waals surface area contributed by atoms with Crippen LogP contribution in [0.3, 0.4) is 0 Å². The van der Waals surface area contributed by atoms with Crippen LogP contribution < -0.4 is 4.90 Å². The quantitative estimate of drug-likeness (QED) is 0.293. The Morgan fingerprint density at radius 2 is 1.41 bits per heavy atom. The first kappa shape index (κ1) is 22.8. The second kappa shape index (κ2) is 10.1. The lowest BCUT2D eigenvalue weighted by atomic mass is 9.74. The molecule has 34 heavy (non-hydrogen) atoms. The molecule has 0 bridgehead atoms. The molecule has 0 fully saturated rings. The zero-order valence-electron chi connectivity index (χ0n) is 19.6. The minimum absolute atomic E-state index is 0.0201. The van der Waals surface area contributed by atoms with Gasteiger partial charge in [0.15, 0.2) is 0 Å². The van der Waals surface area contributed by atoms with Crippen molar-refractivity contribution in [1.82, 2.24) is 0 Å². The Hall–Kier alpha value is -4.34. The normalized spacial score (nSPS) is 16.3. The van der Waals surface area contributed by atoms with Gasteiger partial charge in [-0.25, -0.2) is 10.1 Å². The number of nitrogens with zero attached hydrogens (tertiary/aromatic N) is 3. The molecule has 0 radical (unpaired) electrons. The molecule has 3 heteroatoms. The molecule has 1 aliphatic rings. The predicted octanol–water partition coefficient (Wildman–Crippen LogP) is 8.61. The first-order chi connectivity index (χ1) is 16.5. The fraction of sp³-hybridized carbons (Fsp3) is 0.161. The van der Waals surface area contributed by atoms with Gasteiger partial charge in [0.2, 0.25) is 0 Å². The van der Waals surface area contributed by atoms with Gasteiger partial charge in [-0.15, -0.1) is 0 Å². The van der Waals surface area contributed by atoms with Crippen molar-refractivity contribution in [2.45, 2.75) is 26.7 Å². The van der Waals surface area contributed by atoms with E-state index >= 15 is 0 Å². The Kier molecular flexibility index (Phi) is 6.77. The number of nitriles is 1. The van der Waals surface area contributed by atoms with Crippen LogP contribution in [0.1, 0.15) is 32.3 Å². The zero-order valence-corrected chi connectivity index (χ0v) is 19.6. The summed E-state index contributed by atoms with van der Waals surface area (Å²) in [6.07, 6.45) is 7.89. The number of hydrogen-bond donors (Lipinski definition) is 0. The maximum absolute atomic E-state index is 9.31. The second-order valence-corrected chi connectivity index (χ2v) is 9.27. The van der Waals surface area contributed by atoms with E-state index in [0.29, 0.717) is 0 Å². The number of para-hydroxylation sites is 2. The average Bonchev–Trinajstić information content (AvgIpc) is 2.85. The Bertz CT molecular complexity index is 1260. The maximum atomic E-state index is 9.31. The molecule has 0 atom stereocenters. The van der Waals surface area contributed by atoms with Gasteiger partial charge in [0.05, 0.1) is 12.6 Å². The fourth-order valence-corrected chi connectivity index (χ4v) is 4.42. The molecule has 0 saturated carbocycles. The van der Waals surface area contributed by atoms with E-state index in [0.717, 1.165) is 46.6 Å². The van der Waals surface area contributed by atoms with Gasteiger partial charge in [-0.1, -0.05) is 80.6 Å². The summed E-state index contributed by atoms with van der Waals surface area (Å²) in [4.78, 5) is 5.66. The monoisotopic (exact) mass is 441 g/mol. The van der Waals surface area contributed by atoms with Crippen LogP contribution in [0.25, 0.3) is 10.9 Å². The smallest absolute Gasteiger partial charge is 0.265 e. The van der Waals surface area contributed by atoms with Crippen molar-refractivity contribution < 1.29 is 0 Å². The van der Waals surface area contributed by atoms with Gasteiger partial charge in [0.1, 0.15) is 0 Å². The van der Waals surface area contributed by atoms with Crippen LogP contribution >= 0.6 is 0 Å². The lowest BCUT2D eigenvalue weighted by Gasteiger charge is -2.30. The summed E-state index contributed by atoms with van der Waals surface area (Å²) in [5, 5.41) is 9.31. The minimum Gasteiger partial charge on any atom is -0.311 e. The molecule has 0 spiro atoms. The minimum atomic E-state index is 0.0201.